The molecule has 0 spiro atoms. The molecule has 0 aromatic rings. The van der Waals surface area contributed by atoms with Crippen molar-refractivity contribution in [3.63, 3.8) is 0 Å². The Balaban J connectivity index is 3.50. The highest BCUT2D eigenvalue weighted by atomic mass is 16.4. The van der Waals surface area contributed by atoms with Gasteiger partial charge in [-0.25, -0.2) is 0 Å². The van der Waals surface area contributed by atoms with Crippen LogP contribution in [0.3, 0.4) is 0 Å². The van der Waals surface area contributed by atoms with Crippen LogP contribution < -0.4 is 5.32 Å². The van der Waals surface area contributed by atoms with Crippen LogP contribution in [0.25, 0.3) is 0 Å². The normalized spacial score (nSPS) is 13.0. The second kappa shape index (κ2) is 5.16. The number of hydrogen-bond donors (Lipinski definition) is 4. The molecule has 0 aliphatic heterocycles. The molecule has 0 heterocycles. The van der Waals surface area contributed by atoms with Crippen molar-refractivity contribution in [1.82, 2.24) is 5.32 Å². The Hall–Kier alpha value is -0.650. The number of aliphatic hydroxyl groups is 2. The first-order valence-electron chi connectivity index (χ1n) is 2.90. The quantitative estimate of drug-likeness (QED) is 0.363. The Morgan fingerprint density at radius 2 is 2.10 bits per heavy atom. The van der Waals surface area contributed by atoms with E-state index in [0.29, 0.717) is 0 Å². The van der Waals surface area contributed by atoms with Crippen molar-refractivity contribution >= 4 is 5.97 Å². The molecule has 0 bridgehead atoms. The Kier molecular flexibility index (Phi) is 4.82. The van der Waals surface area contributed by atoms with Crippen LogP contribution in [0.2, 0.25) is 0 Å². The fourth-order valence-electron chi connectivity index (χ4n) is 0.469. The second-order valence-electron chi connectivity index (χ2n) is 1.75. The molecular formula is C5H11NO4. The van der Waals surface area contributed by atoms with Crippen LogP contribution in [0, 0.1) is 0 Å². The molecule has 0 saturated heterocycles. The first-order valence-corrected chi connectivity index (χ1v) is 2.90. The topological polar surface area (TPSA) is 89.8 Å². The maximum atomic E-state index is 10.1. The summed E-state index contributed by atoms with van der Waals surface area (Å²) in [7, 11) is 0. The van der Waals surface area contributed by atoms with Gasteiger partial charge < -0.3 is 20.6 Å². The predicted molar refractivity (Wildman–Crippen MR) is 33.6 cm³/mol. The molecule has 0 aliphatic rings. The van der Waals surface area contributed by atoms with Crippen molar-refractivity contribution in [2.45, 2.75) is 6.04 Å². The highest BCUT2D eigenvalue weighted by molar-refractivity contribution is 5.73. The summed E-state index contributed by atoms with van der Waals surface area (Å²) in [5.74, 6) is -1.11. The van der Waals surface area contributed by atoms with E-state index < -0.39 is 18.6 Å². The van der Waals surface area contributed by atoms with E-state index in [2.05, 4.69) is 5.32 Å². The molecule has 1 unspecified atom stereocenters. The summed E-state index contributed by atoms with van der Waals surface area (Å²) < 4.78 is 0. The number of aliphatic carboxylic acids is 1. The molecule has 0 radical (unpaired) electrons. The van der Waals surface area contributed by atoms with Gasteiger partial charge in [-0.3, -0.25) is 4.79 Å². The average Bonchev–Trinajstić information content (AvgIpc) is 1.89. The van der Waals surface area contributed by atoms with E-state index in [4.69, 9.17) is 15.3 Å². The lowest BCUT2D eigenvalue weighted by Crippen LogP contribution is -2.40. The van der Waals surface area contributed by atoms with Gasteiger partial charge in [0.05, 0.1) is 13.2 Å². The minimum absolute atomic E-state index is 0.135. The molecule has 5 nitrogen and oxygen atoms in total. The molecule has 1 atom stereocenters. The zero-order chi connectivity index (χ0) is 7.98. The van der Waals surface area contributed by atoms with Gasteiger partial charge in [-0.1, -0.05) is 0 Å². The standard InChI is InChI=1S/C5H11NO4/c7-2-1-6-4(3-8)5(9)10/h4,6-8H,1-3H2,(H,9,10). The minimum Gasteiger partial charge on any atom is -0.480 e. The maximum Gasteiger partial charge on any atom is 0.323 e. The van der Waals surface area contributed by atoms with E-state index in [1.165, 1.54) is 0 Å². The van der Waals surface area contributed by atoms with Crippen LogP contribution >= 0.6 is 0 Å². The van der Waals surface area contributed by atoms with Gasteiger partial charge in [-0.15, -0.1) is 0 Å². The molecule has 0 amide bonds. The van der Waals surface area contributed by atoms with Gasteiger partial charge >= 0.3 is 5.97 Å². The highest BCUT2D eigenvalue weighted by Crippen LogP contribution is 1.79. The van der Waals surface area contributed by atoms with E-state index in [1.54, 1.807) is 0 Å². The minimum atomic E-state index is -1.11. The number of carbonyl (C=O) groups is 1. The summed E-state index contributed by atoms with van der Waals surface area (Å²) in [6, 6.07) is -0.966. The maximum absolute atomic E-state index is 10.1. The first kappa shape index (κ1) is 9.35. The number of rotatable bonds is 5. The molecule has 10 heavy (non-hydrogen) atoms. The number of hydrogen-bond acceptors (Lipinski definition) is 4. The lowest BCUT2D eigenvalue weighted by atomic mass is 10.3. The van der Waals surface area contributed by atoms with Crippen LogP contribution in [0.5, 0.6) is 0 Å². The summed E-state index contributed by atoms with van der Waals surface area (Å²) in [6.07, 6.45) is 0. The van der Waals surface area contributed by atoms with Crippen LogP contribution in [0.4, 0.5) is 0 Å². The Labute approximate surface area is 58.3 Å². The summed E-state index contributed by atoms with van der Waals surface area (Å²) in [4.78, 5) is 10.1. The Morgan fingerprint density at radius 3 is 2.40 bits per heavy atom. The molecule has 0 aliphatic carbocycles. The zero-order valence-corrected chi connectivity index (χ0v) is 5.45. The van der Waals surface area contributed by atoms with Gasteiger partial charge in [-0.2, -0.15) is 0 Å². The molecular weight excluding hydrogens is 138 g/mol. The zero-order valence-electron chi connectivity index (χ0n) is 5.45. The van der Waals surface area contributed by atoms with E-state index in [0.717, 1.165) is 0 Å². The van der Waals surface area contributed by atoms with Gasteiger partial charge in [-0.05, 0) is 0 Å². The van der Waals surface area contributed by atoms with Crippen LogP contribution in [-0.4, -0.2) is 47.1 Å². The smallest absolute Gasteiger partial charge is 0.323 e. The number of nitrogens with one attached hydrogen (secondary N) is 1. The fourth-order valence-corrected chi connectivity index (χ4v) is 0.469. The summed E-state index contributed by atoms with van der Waals surface area (Å²) in [5, 5.41) is 27.4. The SMILES string of the molecule is O=C(O)C(CO)NCCO. The summed E-state index contributed by atoms with van der Waals surface area (Å²) >= 11 is 0. The summed E-state index contributed by atoms with van der Waals surface area (Å²) in [5.41, 5.74) is 0. The van der Waals surface area contributed by atoms with Crippen molar-refractivity contribution in [3.8, 4) is 0 Å². The van der Waals surface area contributed by atoms with Gasteiger partial charge in [0.25, 0.3) is 0 Å². The molecule has 0 saturated carbocycles. The molecule has 0 aromatic carbocycles. The van der Waals surface area contributed by atoms with Crippen molar-refractivity contribution in [3.05, 3.63) is 0 Å². The highest BCUT2D eigenvalue weighted by Gasteiger charge is 2.13. The van der Waals surface area contributed by atoms with E-state index in [-0.39, 0.29) is 13.2 Å². The predicted octanol–water partition coefficient (Wildman–Crippen LogP) is -1.99. The first-order chi connectivity index (χ1) is 4.72. The van der Waals surface area contributed by atoms with Gasteiger partial charge in [0.2, 0.25) is 0 Å². The van der Waals surface area contributed by atoms with Crippen LogP contribution in [0.15, 0.2) is 0 Å². The number of aliphatic hydroxyl groups excluding tert-OH is 2. The summed E-state index contributed by atoms with van der Waals surface area (Å²) in [6.45, 7) is -0.420. The van der Waals surface area contributed by atoms with E-state index >= 15 is 0 Å². The lowest BCUT2D eigenvalue weighted by Gasteiger charge is -2.08. The molecule has 4 N–H and O–H groups in total. The largest absolute Gasteiger partial charge is 0.480 e. The van der Waals surface area contributed by atoms with Crippen LogP contribution in [-0.2, 0) is 4.79 Å². The molecule has 0 aromatic heterocycles. The number of carboxylic acids is 1. The molecule has 60 valence electrons. The van der Waals surface area contributed by atoms with Crippen molar-refractivity contribution in [2.24, 2.45) is 0 Å². The molecule has 5 heteroatoms. The van der Waals surface area contributed by atoms with Gasteiger partial charge in [0.1, 0.15) is 6.04 Å². The van der Waals surface area contributed by atoms with Crippen molar-refractivity contribution < 1.29 is 20.1 Å². The van der Waals surface area contributed by atoms with Crippen molar-refractivity contribution in [2.75, 3.05) is 19.8 Å². The van der Waals surface area contributed by atoms with Gasteiger partial charge in [0, 0.05) is 6.54 Å². The molecule has 0 rings (SSSR count). The molecule has 0 fully saturated rings. The van der Waals surface area contributed by atoms with Crippen molar-refractivity contribution in [1.29, 1.82) is 0 Å². The average molecular weight is 149 g/mol. The van der Waals surface area contributed by atoms with Gasteiger partial charge in [0.15, 0.2) is 0 Å². The van der Waals surface area contributed by atoms with Crippen LogP contribution in [0.1, 0.15) is 0 Å². The fraction of sp³-hybridized carbons (Fsp3) is 0.800. The van der Waals surface area contributed by atoms with E-state index in [9.17, 15) is 4.79 Å². The Morgan fingerprint density at radius 1 is 1.50 bits per heavy atom. The third-order valence-electron chi connectivity index (χ3n) is 0.983. The monoisotopic (exact) mass is 149 g/mol. The second-order valence-corrected chi connectivity index (χ2v) is 1.75. The third-order valence-corrected chi connectivity index (χ3v) is 0.983. The number of carboxylic acid groups (broad SMARTS) is 1. The van der Waals surface area contributed by atoms with E-state index in [1.807, 2.05) is 0 Å². The Bertz CT molecular complexity index is 106. The third kappa shape index (κ3) is 3.39. The lowest BCUT2D eigenvalue weighted by molar-refractivity contribution is -0.140.